The average Bonchev–Trinajstić information content (AvgIpc) is 3.02. The van der Waals surface area contributed by atoms with Crippen LogP contribution in [-0.2, 0) is 6.18 Å². The van der Waals surface area contributed by atoms with Crippen LogP contribution in [0.1, 0.15) is 22.3 Å². The third kappa shape index (κ3) is 3.87. The van der Waals surface area contributed by atoms with Crippen LogP contribution in [0.4, 0.5) is 23.2 Å². The average molecular weight is 369 g/mol. The number of aromatic nitrogens is 1. The van der Waals surface area contributed by atoms with Crippen molar-refractivity contribution < 1.29 is 27.1 Å². The molecule has 1 aliphatic heterocycles. The second kappa shape index (κ2) is 6.81. The lowest BCUT2D eigenvalue weighted by atomic mass is 10.1. The molecule has 1 amide bonds. The van der Waals surface area contributed by atoms with Gasteiger partial charge in [-0.15, -0.1) is 0 Å². The van der Waals surface area contributed by atoms with Crippen LogP contribution in [0, 0.1) is 5.82 Å². The molecule has 0 aliphatic carbocycles. The quantitative estimate of drug-likeness (QED) is 0.842. The minimum absolute atomic E-state index is 0.0679. The Hall–Kier alpha value is -2.84. The van der Waals surface area contributed by atoms with Gasteiger partial charge >= 0.3 is 6.18 Å². The maximum atomic E-state index is 13.3. The number of amides is 1. The van der Waals surface area contributed by atoms with Crippen molar-refractivity contribution in [2.45, 2.75) is 18.7 Å². The van der Waals surface area contributed by atoms with Crippen LogP contribution < -0.4 is 15.4 Å². The molecular weight excluding hydrogens is 354 g/mol. The number of carbonyl (C=O) groups excluding carboxylic acids is 1. The number of ether oxygens (including phenoxy) is 1. The van der Waals surface area contributed by atoms with Gasteiger partial charge in [-0.3, -0.25) is 4.79 Å². The van der Waals surface area contributed by atoms with E-state index in [9.17, 15) is 22.4 Å². The van der Waals surface area contributed by atoms with Crippen LogP contribution in [-0.4, -0.2) is 30.1 Å². The van der Waals surface area contributed by atoms with E-state index >= 15 is 0 Å². The van der Waals surface area contributed by atoms with Crippen LogP contribution in [0.2, 0.25) is 0 Å². The van der Waals surface area contributed by atoms with Crippen LogP contribution >= 0.6 is 0 Å². The van der Waals surface area contributed by atoms with Crippen molar-refractivity contribution in [3.05, 3.63) is 53.5 Å². The van der Waals surface area contributed by atoms with E-state index in [0.717, 1.165) is 18.2 Å². The van der Waals surface area contributed by atoms with E-state index in [4.69, 9.17) is 10.5 Å². The van der Waals surface area contributed by atoms with Crippen LogP contribution in [0.25, 0.3) is 0 Å². The number of alkyl halides is 3. The summed E-state index contributed by atoms with van der Waals surface area (Å²) >= 11 is 0. The van der Waals surface area contributed by atoms with Gasteiger partial charge in [0.25, 0.3) is 5.91 Å². The number of pyridine rings is 1. The van der Waals surface area contributed by atoms with E-state index < -0.39 is 23.5 Å². The van der Waals surface area contributed by atoms with Gasteiger partial charge in [-0.05, 0) is 24.3 Å². The molecule has 2 aromatic rings. The Bertz CT molecular complexity index is 809. The smallest absolute Gasteiger partial charge is 0.417 e. The molecular formula is C17H15F4N3O2. The molecule has 1 fully saturated rings. The monoisotopic (exact) mass is 369 g/mol. The van der Waals surface area contributed by atoms with Gasteiger partial charge in [0.15, 0.2) is 0 Å². The Morgan fingerprint density at radius 1 is 1.27 bits per heavy atom. The van der Waals surface area contributed by atoms with E-state index in [0.29, 0.717) is 31.4 Å². The highest BCUT2D eigenvalue weighted by atomic mass is 19.4. The Balaban J connectivity index is 1.69. The molecule has 9 heteroatoms. The second-order valence-electron chi connectivity index (χ2n) is 5.88. The van der Waals surface area contributed by atoms with Crippen molar-refractivity contribution in [2.24, 2.45) is 5.73 Å². The molecule has 26 heavy (non-hydrogen) atoms. The zero-order valence-electron chi connectivity index (χ0n) is 13.5. The highest BCUT2D eigenvalue weighted by molar-refractivity contribution is 5.98. The summed E-state index contributed by atoms with van der Waals surface area (Å²) in [4.78, 5) is 17.0. The first-order valence-electron chi connectivity index (χ1n) is 7.78. The lowest BCUT2D eigenvalue weighted by Gasteiger charge is -2.21. The molecule has 0 bridgehead atoms. The number of carbonyl (C=O) groups is 1. The molecule has 0 saturated carbocycles. The van der Waals surface area contributed by atoms with Gasteiger partial charge in [0.1, 0.15) is 11.9 Å². The Morgan fingerprint density at radius 2 is 2.04 bits per heavy atom. The van der Waals surface area contributed by atoms with E-state index in [1.165, 1.54) is 12.1 Å². The molecule has 0 radical (unpaired) electrons. The van der Waals surface area contributed by atoms with Crippen molar-refractivity contribution in [1.82, 2.24) is 4.98 Å². The Morgan fingerprint density at radius 3 is 2.65 bits per heavy atom. The predicted molar refractivity (Wildman–Crippen MR) is 85.4 cm³/mol. The molecule has 2 N–H and O–H groups in total. The second-order valence-corrected chi connectivity index (χ2v) is 5.88. The van der Waals surface area contributed by atoms with Crippen molar-refractivity contribution in [2.75, 3.05) is 18.0 Å². The summed E-state index contributed by atoms with van der Waals surface area (Å²) in [6.07, 6.45) is -3.50. The van der Waals surface area contributed by atoms with Crippen molar-refractivity contribution in [3.63, 3.8) is 0 Å². The summed E-state index contributed by atoms with van der Waals surface area (Å²) in [5.41, 5.74) is 5.00. The molecule has 138 valence electrons. The van der Waals surface area contributed by atoms with Crippen LogP contribution in [0.3, 0.4) is 0 Å². The van der Waals surface area contributed by atoms with Crippen LogP contribution in [0.15, 0.2) is 36.5 Å². The number of nitrogens with zero attached hydrogens (tertiary/aromatic N) is 2. The number of anilines is 1. The molecule has 1 aromatic carbocycles. The molecule has 1 atom stereocenters. The fourth-order valence-corrected chi connectivity index (χ4v) is 2.81. The number of hydrogen-bond acceptors (Lipinski definition) is 4. The van der Waals surface area contributed by atoms with E-state index in [2.05, 4.69) is 4.98 Å². The normalized spacial score (nSPS) is 17.4. The highest BCUT2D eigenvalue weighted by Crippen LogP contribution is 2.30. The van der Waals surface area contributed by atoms with Gasteiger partial charge in [-0.25, -0.2) is 9.37 Å². The van der Waals surface area contributed by atoms with Crippen molar-refractivity contribution >= 4 is 11.6 Å². The lowest BCUT2D eigenvalue weighted by Crippen LogP contribution is -2.27. The maximum Gasteiger partial charge on any atom is 0.417 e. The van der Waals surface area contributed by atoms with Gasteiger partial charge in [-0.2, -0.15) is 13.2 Å². The molecule has 0 spiro atoms. The summed E-state index contributed by atoms with van der Waals surface area (Å²) in [6.45, 7) is 0.895. The van der Waals surface area contributed by atoms with Gasteiger partial charge in [-0.1, -0.05) is 0 Å². The van der Waals surface area contributed by atoms with Crippen molar-refractivity contribution in [1.29, 1.82) is 0 Å². The van der Waals surface area contributed by atoms with Crippen LogP contribution in [0.5, 0.6) is 5.88 Å². The van der Waals surface area contributed by atoms with E-state index in [-0.39, 0.29) is 17.5 Å². The maximum absolute atomic E-state index is 13.3. The number of halogens is 4. The number of rotatable bonds is 4. The summed E-state index contributed by atoms with van der Waals surface area (Å²) < 4.78 is 56.6. The first-order chi connectivity index (χ1) is 12.2. The minimum atomic E-state index is -4.45. The van der Waals surface area contributed by atoms with Gasteiger partial charge < -0.3 is 15.4 Å². The Labute approximate surface area is 146 Å². The fourth-order valence-electron chi connectivity index (χ4n) is 2.81. The third-order valence-electron chi connectivity index (χ3n) is 4.06. The molecule has 0 unspecified atom stereocenters. The zero-order chi connectivity index (χ0) is 18.9. The number of hydrogen-bond donors (Lipinski definition) is 1. The summed E-state index contributed by atoms with van der Waals surface area (Å²) in [5, 5.41) is 0. The summed E-state index contributed by atoms with van der Waals surface area (Å²) in [5.74, 6) is -1.23. The Kier molecular flexibility index (Phi) is 4.71. The first kappa shape index (κ1) is 18.0. The van der Waals surface area contributed by atoms with Gasteiger partial charge in [0, 0.05) is 30.9 Å². The zero-order valence-corrected chi connectivity index (χ0v) is 13.5. The topological polar surface area (TPSA) is 68.5 Å². The summed E-state index contributed by atoms with van der Waals surface area (Å²) in [7, 11) is 0. The molecule has 5 nitrogen and oxygen atoms in total. The lowest BCUT2D eigenvalue weighted by molar-refractivity contribution is -0.137. The standard InChI is InChI=1S/C17H15F4N3O2/c18-11-2-3-14(13(7-11)16(22)25)24-6-5-12(9-24)26-15-4-1-10(8-23-15)17(19,20)21/h1-4,7-8,12H,5-6,9H2,(H2,22,25)/t12-/m1/s1. The number of primary amides is 1. The molecule has 1 aliphatic rings. The predicted octanol–water partition coefficient (Wildman–Crippen LogP) is 3.00. The molecule has 2 heterocycles. The SMILES string of the molecule is NC(=O)c1cc(F)ccc1N1CC[C@@H](Oc2ccc(C(F)(F)F)cn2)C1. The minimum Gasteiger partial charge on any atom is -0.472 e. The molecule has 1 aromatic heterocycles. The number of nitrogens with two attached hydrogens (primary N) is 1. The third-order valence-corrected chi connectivity index (χ3v) is 4.06. The summed E-state index contributed by atoms with van der Waals surface area (Å²) in [6, 6.07) is 5.84. The van der Waals surface area contributed by atoms with E-state index in [1.54, 1.807) is 0 Å². The highest BCUT2D eigenvalue weighted by Gasteiger charge is 2.31. The van der Waals surface area contributed by atoms with Gasteiger partial charge in [0.2, 0.25) is 5.88 Å². The van der Waals surface area contributed by atoms with Crippen molar-refractivity contribution in [3.8, 4) is 5.88 Å². The van der Waals surface area contributed by atoms with Gasteiger partial charge in [0.05, 0.1) is 17.7 Å². The largest absolute Gasteiger partial charge is 0.472 e. The molecule has 3 rings (SSSR count). The molecule has 1 saturated heterocycles. The van der Waals surface area contributed by atoms with E-state index in [1.807, 2.05) is 4.90 Å². The first-order valence-corrected chi connectivity index (χ1v) is 7.78. The number of benzene rings is 1. The fraction of sp³-hybridized carbons (Fsp3) is 0.294.